The predicted octanol–water partition coefficient (Wildman–Crippen LogP) is 6.77. The van der Waals surface area contributed by atoms with Crippen LogP contribution in [0.25, 0.3) is 0 Å². The number of rotatable bonds is 10. The van der Waals surface area contributed by atoms with Crippen LogP contribution >= 0.6 is 0 Å². The Morgan fingerprint density at radius 1 is 0.816 bits per heavy atom. The fourth-order valence-electron chi connectivity index (χ4n) is 4.38. The normalized spacial score (nSPS) is 10.7. The Labute approximate surface area is 222 Å². The molecule has 0 aliphatic carbocycles. The van der Waals surface area contributed by atoms with Gasteiger partial charge < -0.3 is 19.8 Å². The zero-order chi connectivity index (χ0) is 27.1. The molecule has 0 spiro atoms. The number of para-hydroxylation sites is 1. The topological polar surface area (TPSA) is 87.1 Å². The molecule has 0 saturated carbocycles. The molecular formula is C32H31NO5. The zero-order valence-corrected chi connectivity index (χ0v) is 21.6. The van der Waals surface area contributed by atoms with Crippen molar-refractivity contribution in [1.82, 2.24) is 4.90 Å². The Morgan fingerprint density at radius 2 is 1.45 bits per heavy atom. The molecule has 0 aromatic heterocycles. The molecule has 4 aromatic carbocycles. The van der Waals surface area contributed by atoms with Gasteiger partial charge in [-0.3, -0.25) is 4.79 Å². The third-order valence-electron chi connectivity index (χ3n) is 6.40. The first-order valence-corrected chi connectivity index (χ1v) is 12.5. The molecule has 0 heterocycles. The minimum absolute atomic E-state index is 0.0891. The fraction of sp³-hybridized carbons (Fsp3) is 0.188. The van der Waals surface area contributed by atoms with Crippen LogP contribution in [0.2, 0.25) is 0 Å². The Balaban J connectivity index is 1.51. The standard InChI is InChI=1S/C32H31NO5/c1-22-19-26(20-23(2)30(22)34)31(35)33(18-8-11-24-9-4-3-5-10-24)21-25-14-16-27(17-15-25)38-29-13-7-6-12-28(29)32(36)37/h3-7,9-10,12-17,19-20,34H,8,11,18,21H2,1-2H3,(H,36,37). The molecule has 0 unspecified atom stereocenters. The van der Waals surface area contributed by atoms with Crippen LogP contribution < -0.4 is 4.74 Å². The van der Waals surface area contributed by atoms with Crippen molar-refractivity contribution in [2.24, 2.45) is 0 Å². The molecule has 194 valence electrons. The molecule has 4 aromatic rings. The van der Waals surface area contributed by atoms with E-state index in [-0.39, 0.29) is 23.0 Å². The SMILES string of the molecule is Cc1cc(C(=O)N(CCCc2ccccc2)Cc2ccc(Oc3ccccc3C(=O)O)cc2)cc(C)c1O. The average Bonchev–Trinajstić information content (AvgIpc) is 2.92. The monoisotopic (exact) mass is 509 g/mol. The molecule has 6 nitrogen and oxygen atoms in total. The van der Waals surface area contributed by atoms with Gasteiger partial charge in [0.25, 0.3) is 5.91 Å². The molecule has 6 heteroatoms. The van der Waals surface area contributed by atoms with Gasteiger partial charge in [0.15, 0.2) is 0 Å². The molecule has 0 atom stereocenters. The predicted molar refractivity (Wildman–Crippen MR) is 147 cm³/mol. The number of amides is 1. The number of benzene rings is 4. The van der Waals surface area contributed by atoms with E-state index in [0.717, 1.165) is 18.4 Å². The maximum atomic E-state index is 13.6. The molecule has 4 rings (SSSR count). The lowest BCUT2D eigenvalue weighted by Gasteiger charge is -2.24. The second-order valence-corrected chi connectivity index (χ2v) is 9.32. The van der Waals surface area contributed by atoms with Gasteiger partial charge in [0.1, 0.15) is 22.8 Å². The summed E-state index contributed by atoms with van der Waals surface area (Å²) in [4.78, 5) is 26.9. The van der Waals surface area contributed by atoms with Gasteiger partial charge in [-0.1, -0.05) is 54.6 Å². The second-order valence-electron chi connectivity index (χ2n) is 9.32. The summed E-state index contributed by atoms with van der Waals surface area (Å²) in [6, 6.07) is 27.4. The minimum atomic E-state index is -1.05. The van der Waals surface area contributed by atoms with Gasteiger partial charge in [0.2, 0.25) is 0 Å². The molecule has 0 bridgehead atoms. The number of aryl methyl sites for hydroxylation is 3. The van der Waals surface area contributed by atoms with Crippen LogP contribution in [0, 0.1) is 13.8 Å². The van der Waals surface area contributed by atoms with Crippen LogP contribution in [0.4, 0.5) is 0 Å². The number of hydrogen-bond donors (Lipinski definition) is 2. The Hall–Kier alpha value is -4.58. The molecule has 2 N–H and O–H groups in total. The van der Waals surface area contributed by atoms with Crippen molar-refractivity contribution in [3.05, 3.63) is 124 Å². The zero-order valence-electron chi connectivity index (χ0n) is 21.6. The van der Waals surface area contributed by atoms with Gasteiger partial charge in [0.05, 0.1) is 0 Å². The summed E-state index contributed by atoms with van der Waals surface area (Å²) >= 11 is 0. The van der Waals surface area contributed by atoms with Crippen LogP contribution in [-0.4, -0.2) is 33.5 Å². The van der Waals surface area contributed by atoms with E-state index in [9.17, 15) is 19.8 Å². The van der Waals surface area contributed by atoms with Gasteiger partial charge in [-0.25, -0.2) is 4.79 Å². The van der Waals surface area contributed by atoms with Gasteiger partial charge in [-0.15, -0.1) is 0 Å². The van der Waals surface area contributed by atoms with Crippen molar-refractivity contribution in [2.45, 2.75) is 33.2 Å². The van der Waals surface area contributed by atoms with E-state index in [4.69, 9.17) is 4.74 Å². The molecule has 0 aliphatic rings. The highest BCUT2D eigenvalue weighted by Crippen LogP contribution is 2.27. The number of ether oxygens (including phenoxy) is 1. The maximum Gasteiger partial charge on any atom is 0.339 e. The molecule has 0 radical (unpaired) electrons. The molecule has 0 aliphatic heterocycles. The van der Waals surface area contributed by atoms with Crippen LogP contribution in [0.3, 0.4) is 0 Å². The van der Waals surface area contributed by atoms with Crippen molar-refractivity contribution in [2.75, 3.05) is 6.54 Å². The Kier molecular flexibility index (Phi) is 8.44. The number of aromatic hydroxyl groups is 1. The highest BCUT2D eigenvalue weighted by atomic mass is 16.5. The lowest BCUT2D eigenvalue weighted by atomic mass is 10.0. The number of phenols is 1. The third-order valence-corrected chi connectivity index (χ3v) is 6.40. The van der Waals surface area contributed by atoms with Crippen molar-refractivity contribution in [3.63, 3.8) is 0 Å². The van der Waals surface area contributed by atoms with Crippen molar-refractivity contribution in [1.29, 1.82) is 0 Å². The van der Waals surface area contributed by atoms with Crippen LogP contribution in [0.1, 0.15) is 49.4 Å². The lowest BCUT2D eigenvalue weighted by Crippen LogP contribution is -2.32. The van der Waals surface area contributed by atoms with Gasteiger partial charge in [-0.2, -0.15) is 0 Å². The number of carboxylic acid groups (broad SMARTS) is 1. The maximum absolute atomic E-state index is 13.6. The largest absolute Gasteiger partial charge is 0.507 e. The first-order valence-electron chi connectivity index (χ1n) is 12.5. The van der Waals surface area contributed by atoms with Gasteiger partial charge in [-0.05, 0) is 85.3 Å². The average molecular weight is 510 g/mol. The van der Waals surface area contributed by atoms with Crippen LogP contribution in [-0.2, 0) is 13.0 Å². The first-order chi connectivity index (χ1) is 18.3. The number of nitrogens with zero attached hydrogens (tertiary/aromatic N) is 1. The summed E-state index contributed by atoms with van der Waals surface area (Å²) in [5, 5.41) is 19.6. The number of phenolic OH excluding ortho intramolecular Hbond substituents is 1. The Bertz CT molecular complexity index is 1390. The smallest absolute Gasteiger partial charge is 0.339 e. The summed E-state index contributed by atoms with van der Waals surface area (Å²) in [7, 11) is 0. The van der Waals surface area contributed by atoms with Gasteiger partial charge >= 0.3 is 5.97 Å². The summed E-state index contributed by atoms with van der Waals surface area (Å²) in [6.45, 7) is 4.55. The molecular weight excluding hydrogens is 478 g/mol. The van der Waals surface area contributed by atoms with E-state index in [1.807, 2.05) is 35.2 Å². The summed E-state index contributed by atoms with van der Waals surface area (Å²) in [5.41, 5.74) is 4.11. The summed E-state index contributed by atoms with van der Waals surface area (Å²) < 4.78 is 5.81. The summed E-state index contributed by atoms with van der Waals surface area (Å²) in [6.07, 6.45) is 1.66. The molecule has 1 amide bonds. The second kappa shape index (κ2) is 12.1. The van der Waals surface area contributed by atoms with E-state index >= 15 is 0 Å². The number of carbonyl (C=O) groups is 2. The third kappa shape index (κ3) is 6.59. The van der Waals surface area contributed by atoms with E-state index in [0.29, 0.717) is 35.5 Å². The molecule has 38 heavy (non-hydrogen) atoms. The molecule has 0 fully saturated rings. The van der Waals surface area contributed by atoms with Crippen molar-refractivity contribution in [3.8, 4) is 17.2 Å². The number of hydrogen-bond acceptors (Lipinski definition) is 4. The Morgan fingerprint density at radius 3 is 2.11 bits per heavy atom. The van der Waals surface area contributed by atoms with Crippen LogP contribution in [0.15, 0.2) is 91.0 Å². The quantitative estimate of drug-likeness (QED) is 0.246. The minimum Gasteiger partial charge on any atom is -0.507 e. The van der Waals surface area contributed by atoms with Crippen molar-refractivity contribution >= 4 is 11.9 Å². The number of aromatic carboxylic acids is 1. The van der Waals surface area contributed by atoms with E-state index in [1.165, 1.54) is 11.6 Å². The summed E-state index contributed by atoms with van der Waals surface area (Å²) in [5.74, 6) is -0.170. The highest BCUT2D eigenvalue weighted by Gasteiger charge is 2.19. The fourth-order valence-corrected chi connectivity index (χ4v) is 4.38. The number of carboxylic acids is 1. The molecule has 0 saturated heterocycles. The van der Waals surface area contributed by atoms with E-state index in [2.05, 4.69) is 12.1 Å². The highest BCUT2D eigenvalue weighted by molar-refractivity contribution is 5.95. The number of carbonyl (C=O) groups excluding carboxylic acids is 1. The van der Waals surface area contributed by atoms with Crippen LogP contribution in [0.5, 0.6) is 17.2 Å². The first kappa shape index (κ1) is 26.5. The van der Waals surface area contributed by atoms with E-state index < -0.39 is 5.97 Å². The van der Waals surface area contributed by atoms with E-state index in [1.54, 1.807) is 56.3 Å². The van der Waals surface area contributed by atoms with Gasteiger partial charge in [0, 0.05) is 18.7 Å². The van der Waals surface area contributed by atoms with Crippen molar-refractivity contribution < 1.29 is 24.5 Å². The lowest BCUT2D eigenvalue weighted by molar-refractivity contribution is 0.0692.